The summed E-state index contributed by atoms with van der Waals surface area (Å²) in [6.07, 6.45) is 5.69. The minimum atomic E-state index is -0.425. The number of imidazole rings is 1. The fourth-order valence-electron chi connectivity index (χ4n) is 2.75. The highest BCUT2D eigenvalue weighted by molar-refractivity contribution is 5.83. The first-order chi connectivity index (χ1) is 11.2. The molecule has 4 heterocycles. The van der Waals surface area contributed by atoms with Crippen molar-refractivity contribution in [2.45, 2.75) is 0 Å². The van der Waals surface area contributed by atoms with Crippen molar-refractivity contribution in [1.82, 2.24) is 29.5 Å². The van der Waals surface area contributed by atoms with Gasteiger partial charge in [-0.25, -0.2) is 29.3 Å². The van der Waals surface area contributed by atoms with Crippen LogP contribution in [0.15, 0.2) is 25.0 Å². The van der Waals surface area contributed by atoms with E-state index < -0.39 is 5.82 Å². The largest absolute Gasteiger partial charge is 0.351 e. The van der Waals surface area contributed by atoms with Crippen LogP contribution >= 0.6 is 0 Å². The summed E-state index contributed by atoms with van der Waals surface area (Å²) in [5.74, 6) is 0.970. The second-order valence-corrected chi connectivity index (χ2v) is 5.40. The molecule has 4 rings (SSSR count). The smallest absolute Gasteiger partial charge is 0.225 e. The molecule has 0 atom stereocenters. The van der Waals surface area contributed by atoms with E-state index in [4.69, 9.17) is 0 Å². The third-order valence-corrected chi connectivity index (χ3v) is 3.95. The van der Waals surface area contributed by atoms with Gasteiger partial charge in [0.2, 0.25) is 5.95 Å². The summed E-state index contributed by atoms with van der Waals surface area (Å²) in [5.41, 5.74) is 1.63. The fourth-order valence-corrected chi connectivity index (χ4v) is 2.75. The first-order valence-electron chi connectivity index (χ1n) is 7.32. The maximum Gasteiger partial charge on any atom is 0.225 e. The zero-order valence-electron chi connectivity index (χ0n) is 12.6. The molecule has 0 saturated carbocycles. The van der Waals surface area contributed by atoms with Crippen molar-refractivity contribution in [1.29, 1.82) is 0 Å². The number of hydrogen-bond acceptors (Lipinski definition) is 7. The first-order valence-corrected chi connectivity index (χ1v) is 7.32. The maximum atomic E-state index is 12.9. The average molecular weight is 314 g/mol. The molecule has 23 heavy (non-hydrogen) atoms. The average Bonchev–Trinajstić information content (AvgIpc) is 2.97. The van der Waals surface area contributed by atoms with E-state index in [0.717, 1.165) is 43.2 Å². The topological polar surface area (TPSA) is 75.9 Å². The van der Waals surface area contributed by atoms with Gasteiger partial charge in [-0.3, -0.25) is 0 Å². The summed E-state index contributed by atoms with van der Waals surface area (Å²) in [6, 6.07) is 0. The third kappa shape index (κ3) is 2.43. The molecular formula is C14H15FN8. The van der Waals surface area contributed by atoms with Gasteiger partial charge in [0.15, 0.2) is 22.8 Å². The van der Waals surface area contributed by atoms with Crippen LogP contribution in [0, 0.1) is 5.82 Å². The molecule has 0 aromatic carbocycles. The Morgan fingerprint density at radius 1 is 0.913 bits per heavy atom. The lowest BCUT2D eigenvalue weighted by molar-refractivity contribution is 0.602. The van der Waals surface area contributed by atoms with Crippen LogP contribution in [-0.4, -0.2) is 55.7 Å². The van der Waals surface area contributed by atoms with Crippen LogP contribution in [0.2, 0.25) is 0 Å². The Kier molecular flexibility index (Phi) is 3.25. The minimum absolute atomic E-state index is 0.425. The summed E-state index contributed by atoms with van der Waals surface area (Å²) in [5, 5.41) is 0. The number of aromatic nitrogens is 6. The molecule has 1 aliphatic heterocycles. The quantitative estimate of drug-likeness (QED) is 0.686. The highest BCUT2D eigenvalue weighted by atomic mass is 19.1. The van der Waals surface area contributed by atoms with Crippen molar-refractivity contribution in [3.05, 3.63) is 30.9 Å². The van der Waals surface area contributed by atoms with Crippen molar-refractivity contribution >= 4 is 22.9 Å². The van der Waals surface area contributed by atoms with Crippen LogP contribution in [0.4, 0.5) is 16.2 Å². The van der Waals surface area contributed by atoms with E-state index in [9.17, 15) is 4.39 Å². The predicted octanol–water partition coefficient (Wildman–Crippen LogP) is 0.619. The Hall–Kier alpha value is -2.84. The number of anilines is 2. The molecule has 3 aromatic heterocycles. The lowest BCUT2D eigenvalue weighted by Gasteiger charge is -2.35. The molecule has 8 nitrogen and oxygen atoms in total. The highest BCUT2D eigenvalue weighted by Gasteiger charge is 2.22. The molecule has 0 unspecified atom stereocenters. The van der Waals surface area contributed by atoms with Crippen LogP contribution in [-0.2, 0) is 7.05 Å². The van der Waals surface area contributed by atoms with Gasteiger partial charge in [-0.2, -0.15) is 0 Å². The summed E-state index contributed by atoms with van der Waals surface area (Å²) in [6.45, 7) is 3.01. The number of hydrogen-bond donors (Lipinski definition) is 0. The summed E-state index contributed by atoms with van der Waals surface area (Å²) < 4.78 is 14.8. The number of piperazine rings is 1. The predicted molar refractivity (Wildman–Crippen MR) is 82.7 cm³/mol. The second-order valence-electron chi connectivity index (χ2n) is 5.40. The minimum Gasteiger partial charge on any atom is -0.351 e. The third-order valence-electron chi connectivity index (χ3n) is 3.95. The van der Waals surface area contributed by atoms with E-state index in [1.807, 2.05) is 16.5 Å². The van der Waals surface area contributed by atoms with E-state index in [1.165, 1.54) is 12.4 Å². The van der Waals surface area contributed by atoms with Crippen molar-refractivity contribution in [3.8, 4) is 0 Å². The molecule has 1 fully saturated rings. The lowest BCUT2D eigenvalue weighted by atomic mass is 10.3. The van der Waals surface area contributed by atoms with Crippen LogP contribution < -0.4 is 9.80 Å². The molecule has 0 bridgehead atoms. The van der Waals surface area contributed by atoms with Gasteiger partial charge in [-0.15, -0.1) is 0 Å². The Morgan fingerprint density at radius 2 is 1.61 bits per heavy atom. The standard InChI is InChI=1S/C14H15FN8/c1-21-9-20-11-12(21)18-8-19-13(11)22-2-4-23(5-3-22)14-16-6-10(15)7-17-14/h6-9H,2-5H2,1H3. The zero-order valence-corrected chi connectivity index (χ0v) is 12.6. The number of fused-ring (bicyclic) bond motifs is 1. The maximum absolute atomic E-state index is 12.9. The van der Waals surface area contributed by atoms with Gasteiger partial charge < -0.3 is 14.4 Å². The molecule has 0 spiro atoms. The number of rotatable bonds is 2. The van der Waals surface area contributed by atoms with E-state index in [0.29, 0.717) is 5.95 Å². The molecular weight excluding hydrogens is 299 g/mol. The van der Waals surface area contributed by atoms with Crippen LogP contribution in [0.5, 0.6) is 0 Å². The Labute approximate surface area is 131 Å². The molecule has 0 N–H and O–H groups in total. The van der Waals surface area contributed by atoms with E-state index in [-0.39, 0.29) is 0 Å². The number of halogens is 1. The molecule has 0 radical (unpaired) electrons. The van der Waals surface area contributed by atoms with Crippen LogP contribution in [0.3, 0.4) is 0 Å². The number of nitrogens with zero attached hydrogens (tertiary/aromatic N) is 8. The van der Waals surface area contributed by atoms with Gasteiger partial charge in [0.1, 0.15) is 6.33 Å². The van der Waals surface area contributed by atoms with Crippen molar-refractivity contribution in [2.75, 3.05) is 36.0 Å². The first kappa shape index (κ1) is 13.8. The van der Waals surface area contributed by atoms with Gasteiger partial charge >= 0.3 is 0 Å². The Bertz CT molecular complexity index is 822. The van der Waals surface area contributed by atoms with E-state index in [1.54, 1.807) is 12.7 Å². The monoisotopic (exact) mass is 314 g/mol. The van der Waals surface area contributed by atoms with Gasteiger partial charge in [0, 0.05) is 33.2 Å². The van der Waals surface area contributed by atoms with Crippen LogP contribution in [0.25, 0.3) is 11.2 Å². The molecule has 0 amide bonds. The van der Waals surface area contributed by atoms with Crippen molar-refractivity contribution in [3.63, 3.8) is 0 Å². The molecule has 1 saturated heterocycles. The fraction of sp³-hybridized carbons (Fsp3) is 0.357. The summed E-state index contributed by atoms with van der Waals surface area (Å²) >= 11 is 0. The Balaban J connectivity index is 1.54. The summed E-state index contributed by atoms with van der Waals surface area (Å²) in [7, 11) is 1.91. The SMILES string of the molecule is Cn1cnc2c(N3CCN(c4ncc(F)cn4)CC3)ncnc21. The molecule has 3 aromatic rings. The Morgan fingerprint density at radius 3 is 2.35 bits per heavy atom. The van der Waals surface area contributed by atoms with E-state index >= 15 is 0 Å². The molecule has 1 aliphatic rings. The van der Waals surface area contributed by atoms with Crippen molar-refractivity contribution < 1.29 is 4.39 Å². The van der Waals surface area contributed by atoms with Crippen LogP contribution in [0.1, 0.15) is 0 Å². The summed E-state index contributed by atoms with van der Waals surface area (Å²) in [4.78, 5) is 25.3. The van der Waals surface area contributed by atoms with Crippen molar-refractivity contribution in [2.24, 2.45) is 7.05 Å². The molecule has 9 heteroatoms. The lowest BCUT2D eigenvalue weighted by Crippen LogP contribution is -2.47. The number of aryl methyl sites for hydroxylation is 1. The molecule has 0 aliphatic carbocycles. The van der Waals surface area contributed by atoms with Gasteiger partial charge in [-0.05, 0) is 0 Å². The van der Waals surface area contributed by atoms with Gasteiger partial charge in [0.25, 0.3) is 0 Å². The second kappa shape index (κ2) is 5.41. The normalized spacial score (nSPS) is 15.4. The van der Waals surface area contributed by atoms with Gasteiger partial charge in [0.05, 0.1) is 18.7 Å². The van der Waals surface area contributed by atoms with Gasteiger partial charge in [-0.1, -0.05) is 0 Å². The molecule has 118 valence electrons. The highest BCUT2D eigenvalue weighted by Crippen LogP contribution is 2.22. The van der Waals surface area contributed by atoms with E-state index in [2.05, 4.69) is 29.8 Å². The zero-order chi connectivity index (χ0) is 15.8.